The highest BCUT2D eigenvalue weighted by Gasteiger charge is 2.37. The summed E-state index contributed by atoms with van der Waals surface area (Å²) in [6, 6.07) is 0. The van der Waals surface area contributed by atoms with E-state index in [1.165, 1.54) is 0 Å². The minimum atomic E-state index is -4.71. The van der Waals surface area contributed by atoms with Gasteiger partial charge in [-0.25, -0.2) is 4.79 Å². The van der Waals surface area contributed by atoms with E-state index in [1.807, 2.05) is 0 Å². The minimum absolute atomic E-state index is 0.386. The number of carboxylic acid groups (broad SMARTS) is 1. The molecule has 84 valence electrons. The number of thioether (sulfide) groups is 1. The van der Waals surface area contributed by atoms with Gasteiger partial charge in [-0.1, -0.05) is 0 Å². The molecule has 0 spiro atoms. The van der Waals surface area contributed by atoms with Gasteiger partial charge in [0.2, 0.25) is 0 Å². The molecular weight excluding hydrogens is 225 g/mol. The predicted molar refractivity (Wildman–Crippen MR) is 43.0 cm³/mol. The highest BCUT2D eigenvalue weighted by Crippen LogP contribution is 2.23. The van der Waals surface area contributed by atoms with Gasteiger partial charge in [-0.3, -0.25) is 0 Å². The quantitative estimate of drug-likeness (QED) is 0.628. The first-order valence-corrected chi connectivity index (χ1v) is 4.64. The van der Waals surface area contributed by atoms with Gasteiger partial charge in [-0.15, -0.1) is 0 Å². The van der Waals surface area contributed by atoms with E-state index in [4.69, 9.17) is 15.3 Å². The van der Waals surface area contributed by atoms with Gasteiger partial charge in [0.25, 0.3) is 0 Å². The van der Waals surface area contributed by atoms with Crippen LogP contribution < -0.4 is 0 Å². The first-order chi connectivity index (χ1) is 6.25. The Balaban J connectivity index is 3.70. The smallest absolute Gasteiger partial charge is 0.415 e. The lowest BCUT2D eigenvalue weighted by molar-refractivity contribution is -0.195. The lowest BCUT2D eigenvalue weighted by Gasteiger charge is -2.14. The molecule has 0 fully saturated rings. The number of halogens is 3. The molecule has 0 aromatic heterocycles. The SMILES string of the molecule is O=C(O)C(O)CSC[C@@H](O)C(F)(F)F. The lowest BCUT2D eigenvalue weighted by atomic mass is 10.4. The number of carbonyl (C=O) groups is 1. The zero-order valence-electron chi connectivity index (χ0n) is 6.86. The third kappa shape index (κ3) is 5.30. The third-order valence-corrected chi connectivity index (χ3v) is 2.32. The van der Waals surface area contributed by atoms with Crippen molar-refractivity contribution in [1.82, 2.24) is 0 Å². The fourth-order valence-corrected chi connectivity index (χ4v) is 1.37. The van der Waals surface area contributed by atoms with Crippen molar-refractivity contribution in [1.29, 1.82) is 0 Å². The van der Waals surface area contributed by atoms with Crippen molar-refractivity contribution in [2.24, 2.45) is 0 Å². The summed E-state index contributed by atoms with van der Waals surface area (Å²) in [6.45, 7) is 0. The molecule has 0 aliphatic rings. The maximum atomic E-state index is 11.7. The molecule has 4 nitrogen and oxygen atoms in total. The standard InChI is InChI=1S/C6H9F3O4S/c7-6(8,9)4(11)2-14-1-3(10)5(12)13/h3-4,10-11H,1-2H2,(H,12,13)/t3?,4-/m1/s1. The van der Waals surface area contributed by atoms with Gasteiger partial charge in [0.1, 0.15) is 0 Å². The van der Waals surface area contributed by atoms with Gasteiger partial charge >= 0.3 is 12.1 Å². The van der Waals surface area contributed by atoms with Gasteiger partial charge in [0.05, 0.1) is 0 Å². The van der Waals surface area contributed by atoms with Crippen molar-refractivity contribution >= 4 is 17.7 Å². The van der Waals surface area contributed by atoms with Gasteiger partial charge in [0, 0.05) is 11.5 Å². The van der Waals surface area contributed by atoms with Crippen LogP contribution >= 0.6 is 11.8 Å². The molecule has 0 heterocycles. The van der Waals surface area contributed by atoms with Crippen molar-refractivity contribution in [3.63, 3.8) is 0 Å². The Kier molecular flexibility index (Phi) is 5.24. The summed E-state index contributed by atoms with van der Waals surface area (Å²) in [5.74, 6) is -2.57. The number of alkyl halides is 3. The van der Waals surface area contributed by atoms with E-state index in [9.17, 15) is 18.0 Å². The number of hydrogen-bond donors (Lipinski definition) is 3. The van der Waals surface area contributed by atoms with Crippen molar-refractivity contribution in [3.05, 3.63) is 0 Å². The Hall–Kier alpha value is -0.470. The molecule has 0 bridgehead atoms. The summed E-state index contributed by atoms with van der Waals surface area (Å²) in [5, 5.41) is 25.3. The molecule has 3 N–H and O–H groups in total. The normalized spacial score (nSPS) is 16.4. The molecule has 0 saturated heterocycles. The largest absolute Gasteiger partial charge is 0.479 e. The van der Waals surface area contributed by atoms with Crippen LogP contribution in [0.1, 0.15) is 0 Å². The average molecular weight is 234 g/mol. The summed E-state index contributed by atoms with van der Waals surface area (Å²) in [4.78, 5) is 10.0. The molecule has 0 amide bonds. The maximum absolute atomic E-state index is 11.7. The summed E-state index contributed by atoms with van der Waals surface area (Å²) in [5.41, 5.74) is 0. The Morgan fingerprint density at radius 3 is 2.14 bits per heavy atom. The molecular formula is C6H9F3O4S. The van der Waals surface area contributed by atoms with Crippen molar-refractivity contribution in [3.8, 4) is 0 Å². The number of carboxylic acids is 1. The van der Waals surface area contributed by atoms with Crippen molar-refractivity contribution in [2.45, 2.75) is 18.4 Å². The van der Waals surface area contributed by atoms with Crippen LogP contribution in [0, 0.1) is 0 Å². The number of rotatable bonds is 5. The van der Waals surface area contributed by atoms with Crippen LogP contribution in [0.3, 0.4) is 0 Å². The number of aliphatic carboxylic acids is 1. The fourth-order valence-electron chi connectivity index (χ4n) is 0.457. The Morgan fingerprint density at radius 2 is 1.79 bits per heavy atom. The maximum Gasteiger partial charge on any atom is 0.415 e. The molecule has 1 unspecified atom stereocenters. The monoisotopic (exact) mass is 234 g/mol. The molecule has 0 rings (SSSR count). The van der Waals surface area contributed by atoms with Crippen molar-refractivity contribution < 1.29 is 33.3 Å². The first kappa shape index (κ1) is 13.5. The van der Waals surface area contributed by atoms with Crippen LogP contribution in [0.15, 0.2) is 0 Å². The van der Waals surface area contributed by atoms with Gasteiger partial charge in [-0.2, -0.15) is 24.9 Å². The van der Waals surface area contributed by atoms with Crippen LogP contribution in [0.4, 0.5) is 13.2 Å². The number of aliphatic hydroxyl groups excluding tert-OH is 2. The first-order valence-electron chi connectivity index (χ1n) is 3.48. The Morgan fingerprint density at radius 1 is 1.29 bits per heavy atom. The van der Waals surface area contributed by atoms with Crippen LogP contribution in [-0.2, 0) is 4.79 Å². The summed E-state index contributed by atoms with van der Waals surface area (Å²) >= 11 is 0.524. The minimum Gasteiger partial charge on any atom is -0.479 e. The lowest BCUT2D eigenvalue weighted by Crippen LogP contribution is -2.31. The number of aliphatic hydroxyl groups is 2. The average Bonchev–Trinajstić information content (AvgIpc) is 2.01. The van der Waals surface area contributed by atoms with Crippen molar-refractivity contribution in [2.75, 3.05) is 11.5 Å². The van der Waals surface area contributed by atoms with Crippen LogP contribution in [0.5, 0.6) is 0 Å². The molecule has 2 atom stereocenters. The second-order valence-electron chi connectivity index (χ2n) is 2.45. The second kappa shape index (κ2) is 5.42. The molecule has 0 saturated carbocycles. The van der Waals surface area contributed by atoms with E-state index in [-0.39, 0.29) is 5.75 Å². The summed E-state index contributed by atoms with van der Waals surface area (Å²) in [7, 11) is 0. The molecule has 8 heteroatoms. The topological polar surface area (TPSA) is 77.8 Å². The van der Waals surface area contributed by atoms with E-state index < -0.39 is 30.1 Å². The second-order valence-corrected chi connectivity index (χ2v) is 3.52. The highest BCUT2D eigenvalue weighted by atomic mass is 32.2. The van der Waals surface area contributed by atoms with Gasteiger partial charge in [-0.05, 0) is 0 Å². The predicted octanol–water partition coefficient (Wildman–Crippen LogP) is 0.0883. The molecule has 0 aliphatic heterocycles. The van der Waals surface area contributed by atoms with Gasteiger partial charge in [0.15, 0.2) is 12.2 Å². The highest BCUT2D eigenvalue weighted by molar-refractivity contribution is 7.99. The molecule has 0 aromatic rings. The van der Waals surface area contributed by atoms with Gasteiger partial charge < -0.3 is 15.3 Å². The zero-order valence-corrected chi connectivity index (χ0v) is 7.68. The van der Waals surface area contributed by atoms with E-state index in [2.05, 4.69) is 0 Å². The zero-order chi connectivity index (χ0) is 11.4. The summed E-state index contributed by atoms with van der Waals surface area (Å²) in [6.07, 6.45) is -8.91. The molecule has 14 heavy (non-hydrogen) atoms. The van der Waals surface area contributed by atoms with E-state index in [0.717, 1.165) is 0 Å². The van der Waals surface area contributed by atoms with Crippen LogP contribution in [-0.4, -0.2) is 51.2 Å². The summed E-state index contributed by atoms with van der Waals surface area (Å²) < 4.78 is 35.1. The molecule has 0 radical (unpaired) electrons. The molecule has 0 aliphatic carbocycles. The van der Waals surface area contributed by atoms with E-state index >= 15 is 0 Å². The third-order valence-electron chi connectivity index (χ3n) is 1.21. The van der Waals surface area contributed by atoms with Crippen LogP contribution in [0.2, 0.25) is 0 Å². The Labute approximate surface area is 81.7 Å². The van der Waals surface area contributed by atoms with E-state index in [0.29, 0.717) is 11.8 Å². The number of hydrogen-bond acceptors (Lipinski definition) is 4. The van der Waals surface area contributed by atoms with Crippen LogP contribution in [0.25, 0.3) is 0 Å². The van der Waals surface area contributed by atoms with E-state index in [1.54, 1.807) is 0 Å². The Bertz CT molecular complexity index is 196. The molecule has 0 aromatic carbocycles. The fraction of sp³-hybridized carbons (Fsp3) is 0.833.